The van der Waals surface area contributed by atoms with E-state index in [4.69, 9.17) is 0 Å². The van der Waals surface area contributed by atoms with Crippen LogP contribution in [0.2, 0.25) is 0 Å². The van der Waals surface area contributed by atoms with Crippen molar-refractivity contribution >= 4 is 17.4 Å². The largest absolute Gasteiger partial charge is 0.221 e. The van der Waals surface area contributed by atoms with Crippen molar-refractivity contribution < 1.29 is 0 Å². The van der Waals surface area contributed by atoms with Gasteiger partial charge in [-0.1, -0.05) is 30.3 Å². The summed E-state index contributed by atoms with van der Waals surface area (Å²) in [6.45, 7) is 0. The van der Waals surface area contributed by atoms with Gasteiger partial charge in [0.1, 0.15) is 16.7 Å². The summed E-state index contributed by atoms with van der Waals surface area (Å²) in [5.41, 5.74) is 3.07. The molecule has 5 heteroatoms. The van der Waals surface area contributed by atoms with Gasteiger partial charge in [-0.15, -0.1) is 11.8 Å². The summed E-state index contributed by atoms with van der Waals surface area (Å²) in [7, 11) is 0. The van der Waals surface area contributed by atoms with Gasteiger partial charge in [0.2, 0.25) is 0 Å². The lowest BCUT2D eigenvalue weighted by molar-refractivity contribution is 0.917. The number of benzene rings is 1. The Balaban J connectivity index is 2.44. The van der Waals surface area contributed by atoms with E-state index in [-0.39, 0.29) is 0 Å². The minimum Gasteiger partial charge on any atom is -0.221 e. The van der Waals surface area contributed by atoms with Gasteiger partial charge in [0.25, 0.3) is 0 Å². The van der Waals surface area contributed by atoms with Gasteiger partial charge in [-0.3, -0.25) is 0 Å². The van der Waals surface area contributed by atoms with Crippen LogP contribution in [0.1, 0.15) is 5.56 Å². The number of hydrogen-bond acceptors (Lipinski definition) is 4. The predicted molar refractivity (Wildman–Crippen MR) is 74.9 cm³/mol. The zero-order chi connectivity index (χ0) is 13.2. The SMILES string of the molecule is CSc1nc2ccnn2c(-c2ccccc2)c1C#N. The van der Waals surface area contributed by atoms with Crippen molar-refractivity contribution in [1.82, 2.24) is 14.6 Å². The fourth-order valence-electron chi connectivity index (χ4n) is 2.03. The highest BCUT2D eigenvalue weighted by Gasteiger charge is 2.16. The molecule has 0 amide bonds. The second-order valence-corrected chi connectivity index (χ2v) is 4.72. The fraction of sp³-hybridized carbons (Fsp3) is 0.0714. The smallest absolute Gasteiger partial charge is 0.157 e. The van der Waals surface area contributed by atoms with E-state index in [1.807, 2.05) is 42.7 Å². The first-order valence-corrected chi connectivity index (χ1v) is 6.95. The normalized spacial score (nSPS) is 10.5. The summed E-state index contributed by atoms with van der Waals surface area (Å²) in [6.07, 6.45) is 3.62. The van der Waals surface area contributed by atoms with Gasteiger partial charge in [0.15, 0.2) is 5.65 Å². The van der Waals surface area contributed by atoms with E-state index in [1.54, 1.807) is 10.7 Å². The number of hydrogen-bond donors (Lipinski definition) is 0. The van der Waals surface area contributed by atoms with Crippen molar-refractivity contribution in [3.05, 3.63) is 48.2 Å². The molecule has 1 aromatic carbocycles. The van der Waals surface area contributed by atoms with E-state index in [1.165, 1.54) is 11.8 Å². The molecule has 3 aromatic rings. The zero-order valence-electron chi connectivity index (χ0n) is 10.2. The summed E-state index contributed by atoms with van der Waals surface area (Å²) >= 11 is 1.47. The summed E-state index contributed by atoms with van der Waals surface area (Å²) in [4.78, 5) is 4.45. The van der Waals surface area contributed by atoms with E-state index < -0.39 is 0 Å². The number of rotatable bonds is 2. The zero-order valence-corrected chi connectivity index (χ0v) is 11.1. The highest BCUT2D eigenvalue weighted by atomic mass is 32.2. The molecule has 3 rings (SSSR count). The van der Waals surface area contributed by atoms with Crippen molar-refractivity contribution in [3.63, 3.8) is 0 Å². The summed E-state index contributed by atoms with van der Waals surface area (Å²) in [6, 6.07) is 13.9. The molecule has 0 fully saturated rings. The lowest BCUT2D eigenvalue weighted by Gasteiger charge is -2.10. The molecule has 19 heavy (non-hydrogen) atoms. The third-order valence-electron chi connectivity index (χ3n) is 2.85. The van der Waals surface area contributed by atoms with Crippen LogP contribution in [-0.2, 0) is 0 Å². The molecule has 0 radical (unpaired) electrons. The van der Waals surface area contributed by atoms with Crippen LogP contribution in [0.4, 0.5) is 0 Å². The first-order valence-electron chi connectivity index (χ1n) is 5.72. The van der Waals surface area contributed by atoms with Crippen LogP contribution in [0.5, 0.6) is 0 Å². The summed E-state index contributed by atoms with van der Waals surface area (Å²) < 4.78 is 1.72. The highest BCUT2D eigenvalue weighted by Crippen LogP contribution is 2.29. The topological polar surface area (TPSA) is 54.0 Å². The molecule has 4 nitrogen and oxygen atoms in total. The number of thioether (sulfide) groups is 1. The van der Waals surface area contributed by atoms with Gasteiger partial charge >= 0.3 is 0 Å². The average Bonchev–Trinajstić information content (AvgIpc) is 2.93. The van der Waals surface area contributed by atoms with Crippen LogP contribution in [0, 0.1) is 11.3 Å². The molecule has 0 saturated carbocycles. The maximum absolute atomic E-state index is 9.44. The van der Waals surface area contributed by atoms with E-state index >= 15 is 0 Å². The van der Waals surface area contributed by atoms with Gasteiger partial charge in [-0.05, 0) is 6.26 Å². The molecule has 0 aliphatic carbocycles. The fourth-order valence-corrected chi connectivity index (χ4v) is 2.56. The number of fused-ring (bicyclic) bond motifs is 1. The van der Waals surface area contributed by atoms with Gasteiger partial charge in [-0.2, -0.15) is 10.4 Å². The summed E-state index contributed by atoms with van der Waals surface area (Å²) in [5.74, 6) is 0. The average molecular weight is 266 g/mol. The predicted octanol–water partition coefficient (Wildman–Crippen LogP) is 2.99. The Bertz CT molecular complexity index is 771. The molecule has 2 aromatic heterocycles. The van der Waals surface area contributed by atoms with Crippen LogP contribution < -0.4 is 0 Å². The number of nitriles is 1. The van der Waals surface area contributed by atoms with Crippen LogP contribution in [0.3, 0.4) is 0 Å². The maximum atomic E-state index is 9.44. The number of aromatic nitrogens is 3. The first kappa shape index (κ1) is 11.8. The second-order valence-electron chi connectivity index (χ2n) is 3.92. The standard InChI is InChI=1S/C14H10N4S/c1-19-14-11(9-15)13(10-5-3-2-4-6-10)18-12(17-14)7-8-16-18/h2-8H,1H3. The van der Waals surface area contributed by atoms with Crippen LogP contribution in [0.25, 0.3) is 16.9 Å². The van der Waals surface area contributed by atoms with Crippen LogP contribution in [-0.4, -0.2) is 20.9 Å². The van der Waals surface area contributed by atoms with Gasteiger partial charge < -0.3 is 0 Å². The molecule has 0 saturated heterocycles. The maximum Gasteiger partial charge on any atom is 0.157 e. The molecule has 0 atom stereocenters. The molecular weight excluding hydrogens is 256 g/mol. The molecular formula is C14H10N4S. The third-order valence-corrected chi connectivity index (χ3v) is 3.54. The lowest BCUT2D eigenvalue weighted by atomic mass is 10.1. The van der Waals surface area contributed by atoms with Gasteiger partial charge in [0, 0.05) is 11.6 Å². The van der Waals surface area contributed by atoms with E-state index in [0.717, 1.165) is 21.9 Å². The highest BCUT2D eigenvalue weighted by molar-refractivity contribution is 7.98. The van der Waals surface area contributed by atoms with Crippen LogP contribution in [0.15, 0.2) is 47.6 Å². The van der Waals surface area contributed by atoms with Crippen molar-refractivity contribution in [2.75, 3.05) is 6.26 Å². The number of nitrogens with zero attached hydrogens (tertiary/aromatic N) is 4. The Morgan fingerprint density at radius 3 is 2.68 bits per heavy atom. The Morgan fingerprint density at radius 1 is 1.21 bits per heavy atom. The minimum absolute atomic E-state index is 0.565. The lowest BCUT2D eigenvalue weighted by Crippen LogP contribution is -2.02. The monoisotopic (exact) mass is 266 g/mol. The Kier molecular flexibility index (Phi) is 2.94. The molecule has 0 spiro atoms. The Hall–Kier alpha value is -2.32. The van der Waals surface area contributed by atoms with Crippen LogP contribution >= 0.6 is 11.8 Å². The minimum atomic E-state index is 0.565. The molecule has 2 heterocycles. The van der Waals surface area contributed by atoms with Crippen molar-refractivity contribution in [3.8, 4) is 17.3 Å². The van der Waals surface area contributed by atoms with Gasteiger partial charge in [0.05, 0.1) is 11.9 Å². The first-order chi connectivity index (χ1) is 9.35. The van der Waals surface area contributed by atoms with Crippen molar-refractivity contribution in [2.24, 2.45) is 0 Å². The third kappa shape index (κ3) is 1.86. The van der Waals surface area contributed by atoms with Crippen molar-refractivity contribution in [2.45, 2.75) is 5.03 Å². The molecule has 92 valence electrons. The van der Waals surface area contributed by atoms with E-state index in [0.29, 0.717) is 5.56 Å². The summed E-state index contributed by atoms with van der Waals surface area (Å²) in [5, 5.41) is 14.4. The molecule has 0 aliphatic heterocycles. The molecule has 0 N–H and O–H groups in total. The second kappa shape index (κ2) is 4.75. The molecule has 0 bridgehead atoms. The van der Waals surface area contributed by atoms with Gasteiger partial charge in [-0.25, -0.2) is 9.50 Å². The Labute approximate surface area is 114 Å². The quantitative estimate of drug-likeness (QED) is 0.528. The van der Waals surface area contributed by atoms with E-state index in [2.05, 4.69) is 16.2 Å². The Morgan fingerprint density at radius 2 is 2.00 bits per heavy atom. The van der Waals surface area contributed by atoms with E-state index in [9.17, 15) is 5.26 Å². The molecule has 0 aliphatic rings. The molecule has 0 unspecified atom stereocenters. The van der Waals surface area contributed by atoms with Crippen molar-refractivity contribution in [1.29, 1.82) is 5.26 Å².